The molecule has 4 aliphatic rings. The van der Waals surface area contributed by atoms with Crippen molar-refractivity contribution >= 4 is 29.2 Å². The van der Waals surface area contributed by atoms with Gasteiger partial charge in [-0.15, -0.1) is 0 Å². The topological polar surface area (TPSA) is 107 Å². The Hall–Kier alpha value is -4.34. The second-order valence-electron chi connectivity index (χ2n) is 10.0. The smallest absolute Gasteiger partial charge is 0.328 e. The Balaban J connectivity index is 1.17. The lowest BCUT2D eigenvalue weighted by Gasteiger charge is -2.39. The minimum absolute atomic E-state index is 0.326. The summed E-state index contributed by atoms with van der Waals surface area (Å²) in [6.07, 6.45) is 9.89. The number of aromatic nitrogens is 1. The number of carbonyl (C=O) groups is 3. The van der Waals surface area contributed by atoms with Gasteiger partial charge in [0.1, 0.15) is 5.76 Å². The van der Waals surface area contributed by atoms with Crippen LogP contribution in [-0.4, -0.2) is 53.0 Å². The molecule has 4 aliphatic heterocycles. The molecule has 1 aromatic carbocycles. The Morgan fingerprint density at radius 2 is 1.66 bits per heavy atom. The molecule has 3 saturated heterocycles. The maximum absolute atomic E-state index is 12.7. The van der Waals surface area contributed by atoms with Crippen LogP contribution in [0.3, 0.4) is 0 Å². The molecule has 4 amide bonds. The van der Waals surface area contributed by atoms with Crippen molar-refractivity contribution in [1.82, 2.24) is 20.6 Å². The normalized spacial score (nSPS) is 20.9. The number of urea groups is 1. The molecular formula is C28H30N6O4. The highest BCUT2D eigenvalue weighted by molar-refractivity contribution is 6.24. The number of pyridine rings is 1. The molecule has 10 heteroatoms. The minimum atomic E-state index is -1.44. The third kappa shape index (κ3) is 4.15. The number of hydrazine groups is 1. The minimum Gasteiger partial charge on any atom is -0.439 e. The van der Waals surface area contributed by atoms with Crippen LogP contribution in [0.25, 0.3) is 0 Å². The monoisotopic (exact) mass is 514 g/mol. The molecule has 0 radical (unpaired) electrons. The first-order chi connectivity index (χ1) is 18.4. The van der Waals surface area contributed by atoms with E-state index in [0.717, 1.165) is 31.6 Å². The number of fused-ring (bicyclic) bond motifs is 1. The summed E-state index contributed by atoms with van der Waals surface area (Å²) < 4.78 is 6.12. The van der Waals surface area contributed by atoms with Crippen LogP contribution in [0.1, 0.15) is 37.7 Å². The van der Waals surface area contributed by atoms with Gasteiger partial charge >= 0.3 is 6.03 Å². The maximum Gasteiger partial charge on any atom is 0.328 e. The van der Waals surface area contributed by atoms with Gasteiger partial charge in [0.05, 0.1) is 24.1 Å². The summed E-state index contributed by atoms with van der Waals surface area (Å²) in [5.41, 5.74) is 2.81. The highest BCUT2D eigenvalue weighted by Crippen LogP contribution is 2.36. The van der Waals surface area contributed by atoms with Crippen LogP contribution < -0.4 is 25.3 Å². The molecule has 1 spiro atoms. The fourth-order valence-corrected chi connectivity index (χ4v) is 5.69. The number of nitrogens with zero attached hydrogens (tertiary/aromatic N) is 4. The first-order valence-corrected chi connectivity index (χ1v) is 13.0. The van der Waals surface area contributed by atoms with Crippen molar-refractivity contribution in [2.75, 3.05) is 29.5 Å². The van der Waals surface area contributed by atoms with Gasteiger partial charge in [-0.3, -0.25) is 30.2 Å². The van der Waals surface area contributed by atoms with E-state index in [1.165, 1.54) is 16.9 Å². The van der Waals surface area contributed by atoms with Crippen molar-refractivity contribution in [1.29, 1.82) is 0 Å². The molecule has 6 rings (SSSR count). The van der Waals surface area contributed by atoms with Gasteiger partial charge in [0, 0.05) is 30.9 Å². The molecule has 2 aromatic rings. The van der Waals surface area contributed by atoms with Gasteiger partial charge in [-0.1, -0.05) is 17.7 Å². The molecule has 1 aromatic heterocycles. The summed E-state index contributed by atoms with van der Waals surface area (Å²) in [7, 11) is 0. The number of aryl methyl sites for hydroxylation is 1. The molecule has 5 heterocycles. The molecular weight excluding hydrogens is 484 g/mol. The molecule has 0 unspecified atom stereocenters. The summed E-state index contributed by atoms with van der Waals surface area (Å²) in [6, 6.07) is 11.4. The van der Waals surface area contributed by atoms with Crippen LogP contribution in [0.5, 0.6) is 5.88 Å². The lowest BCUT2D eigenvalue weighted by Crippen LogP contribution is -2.71. The van der Waals surface area contributed by atoms with Gasteiger partial charge in [-0.05, 0) is 63.3 Å². The SMILES string of the molecule is Cc1ccc(N2CCCCC3=CC(Oc4ccc(N5CCCC56C(=O)NC(=O)NC6=O)cn4)=CCN32)cc1. The molecule has 0 saturated carbocycles. The number of amides is 4. The van der Waals surface area contributed by atoms with Crippen molar-refractivity contribution in [2.24, 2.45) is 0 Å². The highest BCUT2D eigenvalue weighted by Gasteiger charge is 2.57. The second kappa shape index (κ2) is 9.51. The van der Waals surface area contributed by atoms with E-state index in [1.54, 1.807) is 23.2 Å². The number of nitrogens with one attached hydrogen (secondary N) is 2. The van der Waals surface area contributed by atoms with E-state index >= 15 is 0 Å². The summed E-state index contributed by atoms with van der Waals surface area (Å²) in [5, 5.41) is 9.13. The largest absolute Gasteiger partial charge is 0.439 e. The average Bonchev–Trinajstić information content (AvgIpc) is 3.25. The fraction of sp³-hybridized carbons (Fsp3) is 0.357. The van der Waals surface area contributed by atoms with Gasteiger partial charge in [0.15, 0.2) is 5.54 Å². The zero-order chi connectivity index (χ0) is 26.3. The van der Waals surface area contributed by atoms with E-state index in [-0.39, 0.29) is 0 Å². The molecule has 0 bridgehead atoms. The van der Waals surface area contributed by atoms with Gasteiger partial charge < -0.3 is 9.64 Å². The predicted molar refractivity (Wildman–Crippen MR) is 141 cm³/mol. The maximum atomic E-state index is 12.7. The van der Waals surface area contributed by atoms with Crippen LogP contribution in [-0.2, 0) is 9.59 Å². The Labute approximate surface area is 220 Å². The van der Waals surface area contributed by atoms with Gasteiger partial charge in [-0.2, -0.15) is 0 Å². The van der Waals surface area contributed by atoms with E-state index < -0.39 is 23.4 Å². The number of rotatable bonds is 4. The number of hydrogen-bond donors (Lipinski definition) is 2. The zero-order valence-corrected chi connectivity index (χ0v) is 21.3. The van der Waals surface area contributed by atoms with Crippen LogP contribution in [0, 0.1) is 6.92 Å². The second-order valence-corrected chi connectivity index (χ2v) is 10.0. The lowest BCUT2D eigenvalue weighted by atomic mass is 9.92. The van der Waals surface area contributed by atoms with Crippen molar-refractivity contribution in [3.63, 3.8) is 0 Å². The van der Waals surface area contributed by atoms with E-state index in [2.05, 4.69) is 69.0 Å². The van der Waals surface area contributed by atoms with Crippen LogP contribution in [0.15, 0.2) is 66.2 Å². The highest BCUT2D eigenvalue weighted by atomic mass is 16.5. The van der Waals surface area contributed by atoms with Crippen LogP contribution in [0.4, 0.5) is 16.2 Å². The van der Waals surface area contributed by atoms with Crippen molar-refractivity contribution in [3.8, 4) is 5.88 Å². The summed E-state index contributed by atoms with van der Waals surface area (Å²) >= 11 is 0. The first-order valence-electron chi connectivity index (χ1n) is 13.0. The number of ether oxygens (including phenoxy) is 1. The van der Waals surface area contributed by atoms with Gasteiger partial charge in [-0.25, -0.2) is 9.78 Å². The molecule has 0 atom stereocenters. The van der Waals surface area contributed by atoms with E-state index in [1.807, 2.05) is 0 Å². The molecule has 10 nitrogen and oxygen atoms in total. The van der Waals surface area contributed by atoms with E-state index in [0.29, 0.717) is 37.5 Å². The quantitative estimate of drug-likeness (QED) is 0.600. The third-order valence-corrected chi connectivity index (χ3v) is 7.62. The Morgan fingerprint density at radius 3 is 2.39 bits per heavy atom. The Kier molecular flexibility index (Phi) is 6.01. The zero-order valence-electron chi connectivity index (χ0n) is 21.3. The van der Waals surface area contributed by atoms with Gasteiger partial charge in [0.2, 0.25) is 5.88 Å². The van der Waals surface area contributed by atoms with Gasteiger partial charge in [0.25, 0.3) is 11.8 Å². The van der Waals surface area contributed by atoms with Crippen molar-refractivity contribution in [2.45, 2.75) is 44.6 Å². The average molecular weight is 515 g/mol. The van der Waals surface area contributed by atoms with Crippen molar-refractivity contribution < 1.29 is 19.1 Å². The summed E-state index contributed by atoms with van der Waals surface area (Å²) in [6.45, 7) is 4.27. The van der Waals surface area contributed by atoms with Crippen LogP contribution in [0.2, 0.25) is 0 Å². The van der Waals surface area contributed by atoms with Crippen molar-refractivity contribution in [3.05, 3.63) is 71.8 Å². The molecule has 3 fully saturated rings. The predicted octanol–water partition coefficient (Wildman–Crippen LogP) is 3.16. The number of benzene rings is 1. The number of barbiturate groups is 1. The van der Waals surface area contributed by atoms with E-state index in [4.69, 9.17) is 4.74 Å². The fourth-order valence-electron chi connectivity index (χ4n) is 5.69. The molecule has 196 valence electrons. The first kappa shape index (κ1) is 24.0. The Bertz CT molecular complexity index is 1310. The summed E-state index contributed by atoms with van der Waals surface area (Å²) in [4.78, 5) is 43.2. The standard InChI is InChI=1S/C28H30N6O4/c1-19-6-8-20(9-7-19)33-15-3-2-5-21-17-23(12-16-34(21)33)38-24-11-10-22(18-29-24)32-14-4-13-28(32)25(35)30-27(37)31-26(28)36/h6-12,17-18H,2-5,13-16H2,1H3,(H2,30,31,35,36,37). The lowest BCUT2D eigenvalue weighted by molar-refractivity contribution is -0.137. The Morgan fingerprint density at radius 1 is 0.895 bits per heavy atom. The number of carbonyl (C=O) groups excluding carboxylic acids is 3. The number of hydrogen-bond acceptors (Lipinski definition) is 8. The van der Waals surface area contributed by atoms with Crippen LogP contribution >= 0.6 is 0 Å². The number of allylic oxidation sites excluding steroid dienone is 2. The molecule has 38 heavy (non-hydrogen) atoms. The summed E-state index contributed by atoms with van der Waals surface area (Å²) in [5.74, 6) is -0.0360. The molecule has 0 aliphatic carbocycles. The molecule has 2 N–H and O–H groups in total. The third-order valence-electron chi connectivity index (χ3n) is 7.62. The number of imide groups is 2. The number of anilines is 2. The van der Waals surface area contributed by atoms with E-state index in [9.17, 15) is 14.4 Å².